The highest BCUT2D eigenvalue weighted by Gasteiger charge is 2.11. The van der Waals surface area contributed by atoms with Crippen LogP contribution < -0.4 is 5.32 Å². The summed E-state index contributed by atoms with van der Waals surface area (Å²) in [6, 6.07) is 15.7. The van der Waals surface area contributed by atoms with Crippen LogP contribution in [0.5, 0.6) is 0 Å². The van der Waals surface area contributed by atoms with E-state index in [1.165, 1.54) is 5.56 Å². The molecule has 96 valence electrons. The molecule has 0 heterocycles. The molecule has 0 amide bonds. The van der Waals surface area contributed by atoms with Crippen molar-refractivity contribution >= 4 is 37.5 Å². The number of anilines is 1. The predicted octanol–water partition coefficient (Wildman–Crippen LogP) is 5.20. The van der Waals surface area contributed by atoms with E-state index < -0.39 is 0 Å². The second-order valence-electron chi connectivity index (χ2n) is 4.25. The lowest BCUT2D eigenvalue weighted by Gasteiger charge is -2.14. The first-order valence-electron chi connectivity index (χ1n) is 5.78. The molecule has 0 aliphatic heterocycles. The molecule has 2 aromatic rings. The Morgan fingerprint density at radius 2 is 1.74 bits per heavy atom. The first-order chi connectivity index (χ1) is 9.10. The Labute approximate surface area is 129 Å². The number of hydrogen-bond acceptors (Lipinski definition) is 2. The molecular weight excluding hydrogens is 368 g/mol. The standard InChI is InChI=1S/C15H12Br2N2/c1-10-2-5-12(6-3-10)19-15(9-18)11-4-7-13(16)14(17)8-11/h2-8,15,19H,1H3. The lowest BCUT2D eigenvalue weighted by molar-refractivity contribution is 0.995. The minimum atomic E-state index is -0.368. The van der Waals surface area contributed by atoms with Gasteiger partial charge < -0.3 is 5.32 Å². The maximum absolute atomic E-state index is 9.32. The van der Waals surface area contributed by atoms with Crippen LogP contribution in [0.1, 0.15) is 17.2 Å². The fourth-order valence-corrected chi connectivity index (χ4v) is 2.34. The summed E-state index contributed by atoms with van der Waals surface area (Å²) in [5, 5.41) is 12.5. The number of nitrogens with one attached hydrogen (secondary N) is 1. The zero-order valence-corrected chi connectivity index (χ0v) is 13.5. The molecule has 0 saturated heterocycles. The van der Waals surface area contributed by atoms with Gasteiger partial charge in [-0.05, 0) is 68.6 Å². The van der Waals surface area contributed by atoms with E-state index in [4.69, 9.17) is 0 Å². The van der Waals surface area contributed by atoms with Crippen molar-refractivity contribution in [2.45, 2.75) is 13.0 Å². The number of aryl methyl sites for hydroxylation is 1. The molecule has 0 aliphatic rings. The maximum atomic E-state index is 9.32. The van der Waals surface area contributed by atoms with Crippen LogP contribution in [0.25, 0.3) is 0 Å². The van der Waals surface area contributed by atoms with Gasteiger partial charge >= 0.3 is 0 Å². The molecule has 1 N–H and O–H groups in total. The predicted molar refractivity (Wildman–Crippen MR) is 85.0 cm³/mol. The van der Waals surface area contributed by atoms with E-state index in [1.54, 1.807) is 0 Å². The van der Waals surface area contributed by atoms with Crippen molar-refractivity contribution in [2.75, 3.05) is 5.32 Å². The van der Waals surface area contributed by atoms with Crippen LogP contribution in [-0.4, -0.2) is 0 Å². The first-order valence-corrected chi connectivity index (χ1v) is 7.36. The second-order valence-corrected chi connectivity index (χ2v) is 5.95. The number of halogens is 2. The van der Waals surface area contributed by atoms with E-state index in [2.05, 4.69) is 43.2 Å². The van der Waals surface area contributed by atoms with Crippen molar-refractivity contribution in [1.82, 2.24) is 0 Å². The van der Waals surface area contributed by atoms with Crippen molar-refractivity contribution in [3.63, 3.8) is 0 Å². The van der Waals surface area contributed by atoms with Gasteiger partial charge in [0, 0.05) is 14.6 Å². The second kappa shape index (κ2) is 6.23. The lowest BCUT2D eigenvalue weighted by atomic mass is 10.1. The molecule has 2 aromatic carbocycles. The van der Waals surface area contributed by atoms with Crippen LogP contribution in [0.2, 0.25) is 0 Å². The van der Waals surface area contributed by atoms with Crippen LogP contribution >= 0.6 is 31.9 Å². The number of nitriles is 1. The fourth-order valence-electron chi connectivity index (χ4n) is 1.70. The minimum Gasteiger partial charge on any atom is -0.366 e. The molecule has 0 bridgehead atoms. The molecule has 4 heteroatoms. The van der Waals surface area contributed by atoms with Crippen molar-refractivity contribution in [3.8, 4) is 6.07 Å². The SMILES string of the molecule is Cc1ccc(NC(C#N)c2ccc(Br)c(Br)c2)cc1. The molecule has 0 spiro atoms. The van der Waals surface area contributed by atoms with E-state index >= 15 is 0 Å². The van der Waals surface area contributed by atoms with Gasteiger partial charge in [0.25, 0.3) is 0 Å². The monoisotopic (exact) mass is 378 g/mol. The fraction of sp³-hybridized carbons (Fsp3) is 0.133. The molecule has 0 radical (unpaired) electrons. The van der Waals surface area contributed by atoms with Crippen LogP contribution in [-0.2, 0) is 0 Å². The molecule has 0 aromatic heterocycles. The van der Waals surface area contributed by atoms with Crippen LogP contribution in [0, 0.1) is 18.3 Å². The quantitative estimate of drug-likeness (QED) is 0.795. The molecule has 19 heavy (non-hydrogen) atoms. The van der Waals surface area contributed by atoms with Crippen molar-refractivity contribution in [3.05, 3.63) is 62.5 Å². The smallest absolute Gasteiger partial charge is 0.140 e. The Kier molecular flexibility index (Phi) is 4.62. The van der Waals surface area contributed by atoms with E-state index in [9.17, 15) is 5.26 Å². The van der Waals surface area contributed by atoms with Crippen LogP contribution in [0.15, 0.2) is 51.4 Å². The summed E-state index contributed by atoms with van der Waals surface area (Å²) in [4.78, 5) is 0. The number of rotatable bonds is 3. The Hall–Kier alpha value is -1.31. The summed E-state index contributed by atoms with van der Waals surface area (Å²) in [6.45, 7) is 2.04. The zero-order chi connectivity index (χ0) is 13.8. The lowest BCUT2D eigenvalue weighted by Crippen LogP contribution is -2.08. The zero-order valence-electron chi connectivity index (χ0n) is 10.3. The molecular formula is C15H12Br2N2. The third-order valence-electron chi connectivity index (χ3n) is 2.77. The molecule has 2 rings (SSSR count). The average Bonchev–Trinajstić information content (AvgIpc) is 2.41. The minimum absolute atomic E-state index is 0.368. The number of benzene rings is 2. The van der Waals surface area contributed by atoms with E-state index in [1.807, 2.05) is 49.4 Å². The number of hydrogen-bond donors (Lipinski definition) is 1. The summed E-state index contributed by atoms with van der Waals surface area (Å²) in [7, 11) is 0. The third kappa shape index (κ3) is 3.59. The summed E-state index contributed by atoms with van der Waals surface area (Å²) in [5.41, 5.74) is 3.07. The Balaban J connectivity index is 2.23. The molecule has 0 saturated carbocycles. The van der Waals surface area contributed by atoms with E-state index in [0.717, 1.165) is 20.2 Å². The molecule has 2 nitrogen and oxygen atoms in total. The van der Waals surface area contributed by atoms with E-state index in [0.29, 0.717) is 0 Å². The largest absolute Gasteiger partial charge is 0.366 e. The van der Waals surface area contributed by atoms with Gasteiger partial charge in [0.05, 0.1) is 6.07 Å². The molecule has 0 fully saturated rings. The molecule has 1 unspecified atom stereocenters. The van der Waals surface area contributed by atoms with Gasteiger partial charge in [-0.2, -0.15) is 5.26 Å². The third-order valence-corrected chi connectivity index (χ3v) is 4.65. The summed E-state index contributed by atoms with van der Waals surface area (Å²) < 4.78 is 1.92. The Morgan fingerprint density at radius 3 is 2.32 bits per heavy atom. The van der Waals surface area contributed by atoms with Crippen molar-refractivity contribution in [2.24, 2.45) is 0 Å². The summed E-state index contributed by atoms with van der Waals surface area (Å²) >= 11 is 6.88. The Morgan fingerprint density at radius 1 is 1.05 bits per heavy atom. The van der Waals surface area contributed by atoms with Gasteiger partial charge in [-0.25, -0.2) is 0 Å². The van der Waals surface area contributed by atoms with Gasteiger partial charge in [-0.3, -0.25) is 0 Å². The topological polar surface area (TPSA) is 35.8 Å². The van der Waals surface area contributed by atoms with Gasteiger partial charge in [-0.15, -0.1) is 0 Å². The Bertz CT molecular complexity index is 615. The normalized spacial score (nSPS) is 11.7. The van der Waals surface area contributed by atoms with Crippen LogP contribution in [0.4, 0.5) is 5.69 Å². The van der Waals surface area contributed by atoms with Crippen molar-refractivity contribution in [1.29, 1.82) is 5.26 Å². The van der Waals surface area contributed by atoms with Crippen LogP contribution in [0.3, 0.4) is 0 Å². The summed E-state index contributed by atoms with van der Waals surface area (Å²) in [6.07, 6.45) is 0. The highest BCUT2D eigenvalue weighted by Crippen LogP contribution is 2.28. The average molecular weight is 380 g/mol. The maximum Gasteiger partial charge on any atom is 0.140 e. The molecule has 0 aliphatic carbocycles. The molecule has 1 atom stereocenters. The van der Waals surface area contributed by atoms with E-state index in [-0.39, 0.29) is 6.04 Å². The first kappa shape index (κ1) is 14.1. The highest BCUT2D eigenvalue weighted by atomic mass is 79.9. The summed E-state index contributed by atoms with van der Waals surface area (Å²) in [5.74, 6) is 0. The van der Waals surface area contributed by atoms with Gasteiger partial charge in [0.2, 0.25) is 0 Å². The van der Waals surface area contributed by atoms with Gasteiger partial charge in [0.15, 0.2) is 0 Å². The van der Waals surface area contributed by atoms with Gasteiger partial charge in [0.1, 0.15) is 6.04 Å². The van der Waals surface area contributed by atoms with Gasteiger partial charge in [-0.1, -0.05) is 23.8 Å². The van der Waals surface area contributed by atoms with Crippen molar-refractivity contribution < 1.29 is 0 Å². The highest BCUT2D eigenvalue weighted by molar-refractivity contribution is 9.13. The number of nitrogens with zero attached hydrogens (tertiary/aromatic N) is 1.